The van der Waals surface area contributed by atoms with Crippen LogP contribution >= 0.6 is 11.6 Å². The minimum absolute atomic E-state index is 0.320. The van der Waals surface area contributed by atoms with Crippen LogP contribution in [0.25, 0.3) is 0 Å². The number of nitrogens with one attached hydrogen (secondary N) is 1. The van der Waals surface area contributed by atoms with Crippen LogP contribution in [0.3, 0.4) is 0 Å². The van der Waals surface area contributed by atoms with Gasteiger partial charge in [0.2, 0.25) is 0 Å². The van der Waals surface area contributed by atoms with Crippen LogP contribution in [0.5, 0.6) is 5.75 Å². The summed E-state index contributed by atoms with van der Waals surface area (Å²) in [6.45, 7) is 5.80. The average Bonchev–Trinajstić information content (AvgIpc) is 2.52. The molecule has 0 aliphatic rings. The number of hydrogen-bond donors (Lipinski definition) is 1. The zero-order valence-electron chi connectivity index (χ0n) is 13.8. The van der Waals surface area contributed by atoms with Gasteiger partial charge >= 0.3 is 0 Å². The number of methoxy groups -OCH3 is 1. The maximum Gasteiger partial charge on any atom is 0.136 e. The second-order valence-electron chi connectivity index (χ2n) is 6.20. The van der Waals surface area contributed by atoms with Crippen LogP contribution in [0.4, 0.5) is 0 Å². The number of hydrogen-bond acceptors (Lipinski definition) is 3. The SMILES string of the molecule is COc1ccccc1C(N[S@+]([O-])C(C)(C)C)c1ccccc1Cl. The fraction of sp³-hybridized carbons (Fsp3) is 0.333. The molecule has 0 radical (unpaired) electrons. The number of benzene rings is 2. The predicted molar refractivity (Wildman–Crippen MR) is 97.3 cm³/mol. The molecule has 0 saturated heterocycles. The first kappa shape index (κ1) is 18.1. The molecule has 0 aromatic heterocycles. The third-order valence-electron chi connectivity index (χ3n) is 3.45. The standard InChI is InChI=1S/C18H22ClNO2S/c1-18(2,3)23(21)20-17(13-9-5-7-11-15(13)19)14-10-6-8-12-16(14)22-4/h5-12,17,20H,1-4H3/t17?,23-/m1/s1. The lowest BCUT2D eigenvalue weighted by atomic mass is 9.99. The molecule has 0 amide bonds. The number of halogens is 1. The molecule has 2 aromatic rings. The summed E-state index contributed by atoms with van der Waals surface area (Å²) in [7, 11) is 1.63. The Morgan fingerprint density at radius 2 is 1.61 bits per heavy atom. The Morgan fingerprint density at radius 1 is 1.04 bits per heavy atom. The van der Waals surface area contributed by atoms with E-state index >= 15 is 0 Å². The highest BCUT2D eigenvalue weighted by Crippen LogP contribution is 2.35. The summed E-state index contributed by atoms with van der Waals surface area (Å²) in [6.07, 6.45) is 0. The molecular formula is C18H22ClNO2S. The molecule has 1 N–H and O–H groups in total. The summed E-state index contributed by atoms with van der Waals surface area (Å²) >= 11 is 5.13. The molecule has 3 nitrogen and oxygen atoms in total. The third kappa shape index (κ3) is 4.42. The van der Waals surface area contributed by atoms with Crippen LogP contribution in [0.15, 0.2) is 48.5 Å². The summed E-state index contributed by atoms with van der Waals surface area (Å²) in [5, 5.41) is 0.627. The zero-order chi connectivity index (χ0) is 17.0. The Balaban J connectivity index is 2.50. The molecule has 0 spiro atoms. The van der Waals surface area contributed by atoms with E-state index in [0.29, 0.717) is 5.02 Å². The van der Waals surface area contributed by atoms with E-state index < -0.39 is 11.4 Å². The maximum absolute atomic E-state index is 12.6. The molecule has 0 fully saturated rings. The Morgan fingerprint density at radius 3 is 2.17 bits per heavy atom. The van der Waals surface area contributed by atoms with Crippen molar-refractivity contribution in [1.29, 1.82) is 0 Å². The van der Waals surface area contributed by atoms with E-state index in [-0.39, 0.29) is 10.8 Å². The number of ether oxygens (including phenoxy) is 1. The fourth-order valence-electron chi connectivity index (χ4n) is 2.19. The van der Waals surface area contributed by atoms with Crippen molar-refractivity contribution in [3.8, 4) is 5.75 Å². The van der Waals surface area contributed by atoms with E-state index in [1.807, 2.05) is 69.3 Å². The topological polar surface area (TPSA) is 44.3 Å². The van der Waals surface area contributed by atoms with Crippen LogP contribution in [-0.4, -0.2) is 16.4 Å². The first-order chi connectivity index (χ1) is 10.8. The van der Waals surface area contributed by atoms with E-state index in [1.165, 1.54) is 0 Å². The van der Waals surface area contributed by atoms with Gasteiger partial charge in [-0.25, -0.2) is 0 Å². The normalized spacial score (nSPS) is 14.3. The summed E-state index contributed by atoms with van der Waals surface area (Å²) in [4.78, 5) is 0. The average molecular weight is 352 g/mol. The molecule has 2 rings (SSSR count). The molecule has 0 heterocycles. The first-order valence-corrected chi connectivity index (χ1v) is 8.92. The van der Waals surface area contributed by atoms with Crippen molar-refractivity contribution < 1.29 is 9.29 Å². The van der Waals surface area contributed by atoms with Crippen molar-refractivity contribution in [2.75, 3.05) is 7.11 Å². The fourth-order valence-corrected chi connectivity index (χ4v) is 3.26. The minimum Gasteiger partial charge on any atom is -0.598 e. The maximum atomic E-state index is 12.6. The van der Waals surface area contributed by atoms with Gasteiger partial charge in [0.15, 0.2) is 0 Å². The van der Waals surface area contributed by atoms with Crippen LogP contribution in [0.1, 0.15) is 37.9 Å². The van der Waals surface area contributed by atoms with Crippen LogP contribution in [0.2, 0.25) is 5.02 Å². The zero-order valence-corrected chi connectivity index (χ0v) is 15.4. The van der Waals surface area contributed by atoms with Gasteiger partial charge in [0, 0.05) is 21.9 Å². The highest BCUT2D eigenvalue weighted by molar-refractivity contribution is 7.90. The summed E-state index contributed by atoms with van der Waals surface area (Å²) in [6, 6.07) is 14.9. The van der Waals surface area contributed by atoms with Crippen molar-refractivity contribution in [2.24, 2.45) is 0 Å². The quantitative estimate of drug-likeness (QED) is 0.807. The highest BCUT2D eigenvalue weighted by Gasteiger charge is 2.32. The Hall–Kier alpha value is -1.20. The van der Waals surface area contributed by atoms with Crippen LogP contribution in [0, 0.1) is 0 Å². The number of rotatable bonds is 5. The number of para-hydroxylation sites is 1. The molecule has 0 aliphatic carbocycles. The minimum atomic E-state index is -1.25. The van der Waals surface area contributed by atoms with Crippen molar-refractivity contribution in [3.63, 3.8) is 0 Å². The van der Waals surface area contributed by atoms with Gasteiger partial charge in [-0.1, -0.05) is 48.0 Å². The van der Waals surface area contributed by atoms with Crippen molar-refractivity contribution in [1.82, 2.24) is 4.72 Å². The Labute approximate surface area is 146 Å². The van der Waals surface area contributed by atoms with E-state index in [4.69, 9.17) is 16.3 Å². The third-order valence-corrected chi connectivity index (χ3v) is 5.35. The molecule has 1 unspecified atom stereocenters. The molecule has 2 aromatic carbocycles. The van der Waals surface area contributed by atoms with Gasteiger partial charge in [-0.2, -0.15) is 0 Å². The molecule has 5 heteroatoms. The molecular weight excluding hydrogens is 330 g/mol. The predicted octanol–water partition coefficient (Wildman–Crippen LogP) is 4.49. The van der Waals surface area contributed by atoms with Gasteiger partial charge < -0.3 is 9.29 Å². The molecule has 23 heavy (non-hydrogen) atoms. The molecule has 0 saturated carbocycles. The second kappa shape index (κ2) is 7.58. The summed E-state index contributed by atoms with van der Waals surface area (Å²) in [5.41, 5.74) is 1.77. The van der Waals surface area contributed by atoms with Gasteiger partial charge in [0.25, 0.3) is 0 Å². The van der Waals surface area contributed by atoms with Gasteiger partial charge in [-0.05, 0) is 38.5 Å². The highest BCUT2D eigenvalue weighted by atomic mass is 35.5. The summed E-state index contributed by atoms with van der Waals surface area (Å²) < 4.78 is 20.9. The lowest BCUT2D eigenvalue weighted by Gasteiger charge is -2.29. The van der Waals surface area contributed by atoms with Crippen molar-refractivity contribution >= 4 is 23.0 Å². The molecule has 2 atom stereocenters. The van der Waals surface area contributed by atoms with Crippen LogP contribution in [-0.2, 0) is 11.4 Å². The molecule has 124 valence electrons. The second-order valence-corrected chi connectivity index (χ2v) is 8.60. The van der Waals surface area contributed by atoms with Gasteiger partial charge in [-0.15, -0.1) is 4.72 Å². The molecule has 0 bridgehead atoms. The Kier molecular flexibility index (Phi) is 5.98. The van der Waals surface area contributed by atoms with Crippen molar-refractivity contribution in [2.45, 2.75) is 31.6 Å². The van der Waals surface area contributed by atoms with Crippen LogP contribution < -0.4 is 9.46 Å². The van der Waals surface area contributed by atoms with E-state index in [0.717, 1.165) is 16.9 Å². The Bertz CT molecular complexity index is 657. The van der Waals surface area contributed by atoms with E-state index in [9.17, 15) is 4.55 Å². The lowest BCUT2D eigenvalue weighted by Crippen LogP contribution is -2.41. The summed E-state index contributed by atoms with van der Waals surface area (Å²) in [5.74, 6) is 0.732. The molecule has 0 aliphatic heterocycles. The van der Waals surface area contributed by atoms with Crippen molar-refractivity contribution in [3.05, 3.63) is 64.7 Å². The van der Waals surface area contributed by atoms with E-state index in [1.54, 1.807) is 7.11 Å². The lowest BCUT2D eigenvalue weighted by molar-refractivity contribution is 0.406. The first-order valence-electron chi connectivity index (χ1n) is 7.40. The van der Waals surface area contributed by atoms with Gasteiger partial charge in [0.1, 0.15) is 16.5 Å². The smallest absolute Gasteiger partial charge is 0.136 e. The van der Waals surface area contributed by atoms with Gasteiger partial charge in [0.05, 0.1) is 7.11 Å². The monoisotopic (exact) mass is 351 g/mol. The van der Waals surface area contributed by atoms with E-state index in [2.05, 4.69) is 4.72 Å². The van der Waals surface area contributed by atoms with Gasteiger partial charge in [-0.3, -0.25) is 0 Å². The largest absolute Gasteiger partial charge is 0.598 e.